The molecule has 1 unspecified atom stereocenters. The summed E-state index contributed by atoms with van der Waals surface area (Å²) in [7, 11) is -0.290. The molecule has 0 aromatic rings. The van der Waals surface area contributed by atoms with Gasteiger partial charge >= 0.3 is 8.60 Å². The first-order chi connectivity index (χ1) is 4.81. The highest BCUT2D eigenvalue weighted by molar-refractivity contribution is 7.40. The first-order valence-electron chi connectivity index (χ1n) is 3.08. The van der Waals surface area contributed by atoms with Gasteiger partial charge in [-0.1, -0.05) is 0 Å². The Bertz CT molecular complexity index is 70.7. The van der Waals surface area contributed by atoms with Gasteiger partial charge in [-0.05, 0) is 12.8 Å². The number of aliphatic hydroxyl groups excluding tert-OH is 1. The van der Waals surface area contributed by atoms with Gasteiger partial charge in [0.05, 0.1) is 6.61 Å². The highest BCUT2D eigenvalue weighted by Crippen LogP contribution is 2.30. The highest BCUT2D eigenvalue weighted by Gasteiger charge is 2.00. The van der Waals surface area contributed by atoms with Crippen molar-refractivity contribution in [1.29, 1.82) is 0 Å². The van der Waals surface area contributed by atoms with Crippen LogP contribution in [0.4, 0.5) is 0 Å². The molecule has 5 heteroatoms. The third-order valence-electron chi connectivity index (χ3n) is 0.910. The fourth-order valence-electron chi connectivity index (χ4n) is 0.409. The zero-order chi connectivity index (χ0) is 7.82. The van der Waals surface area contributed by atoms with Crippen LogP contribution in [-0.4, -0.2) is 30.3 Å². The quantitative estimate of drug-likeness (QED) is 0.451. The minimum atomic E-state index is -1.68. The third kappa shape index (κ3) is 6.39. The molecule has 0 amide bonds. The van der Waals surface area contributed by atoms with E-state index in [1.807, 2.05) is 0 Å². The summed E-state index contributed by atoms with van der Waals surface area (Å²) in [6.45, 7) is 0.607. The Morgan fingerprint density at radius 1 is 1.40 bits per heavy atom. The lowest BCUT2D eigenvalue weighted by Gasteiger charge is -2.05. The van der Waals surface area contributed by atoms with Crippen molar-refractivity contribution >= 4 is 8.60 Å². The molecule has 0 spiro atoms. The van der Waals surface area contributed by atoms with Gasteiger partial charge in [0.25, 0.3) is 0 Å². The molecule has 0 aromatic carbocycles. The number of hydrogen-bond acceptors (Lipinski definition) is 4. The van der Waals surface area contributed by atoms with Crippen LogP contribution >= 0.6 is 8.60 Å². The van der Waals surface area contributed by atoms with E-state index in [0.29, 0.717) is 13.0 Å². The average molecular weight is 168 g/mol. The Kier molecular flexibility index (Phi) is 7.58. The van der Waals surface area contributed by atoms with Crippen molar-refractivity contribution in [3.63, 3.8) is 0 Å². The second-order valence-electron chi connectivity index (χ2n) is 1.68. The van der Waals surface area contributed by atoms with Crippen molar-refractivity contribution in [3.05, 3.63) is 0 Å². The van der Waals surface area contributed by atoms with Crippen molar-refractivity contribution in [2.45, 2.75) is 12.8 Å². The minimum Gasteiger partial charge on any atom is -0.396 e. The fraction of sp³-hybridized carbons (Fsp3) is 1.00. The van der Waals surface area contributed by atoms with Gasteiger partial charge in [0.15, 0.2) is 0 Å². The normalized spacial score (nSPS) is 13.5. The summed E-state index contributed by atoms with van der Waals surface area (Å²) in [6, 6.07) is 0. The van der Waals surface area contributed by atoms with Gasteiger partial charge in [-0.2, -0.15) is 0 Å². The van der Waals surface area contributed by atoms with Crippen LogP contribution in [0.5, 0.6) is 0 Å². The highest BCUT2D eigenvalue weighted by atomic mass is 31.2. The van der Waals surface area contributed by atoms with Crippen LogP contribution in [-0.2, 0) is 9.05 Å². The van der Waals surface area contributed by atoms with Gasteiger partial charge in [-0.15, -0.1) is 0 Å². The van der Waals surface area contributed by atoms with Crippen molar-refractivity contribution in [2.24, 2.45) is 0 Å². The van der Waals surface area contributed by atoms with Crippen LogP contribution in [0.15, 0.2) is 0 Å². The van der Waals surface area contributed by atoms with E-state index in [1.54, 1.807) is 0 Å². The van der Waals surface area contributed by atoms with Crippen molar-refractivity contribution in [2.75, 3.05) is 20.3 Å². The minimum absolute atomic E-state index is 0.166. The molecule has 0 rings (SSSR count). The van der Waals surface area contributed by atoms with E-state index in [9.17, 15) is 0 Å². The van der Waals surface area contributed by atoms with Crippen LogP contribution in [0, 0.1) is 0 Å². The zero-order valence-corrected chi connectivity index (χ0v) is 6.88. The summed E-state index contributed by atoms with van der Waals surface area (Å²) in [6.07, 6.45) is 1.45. The SMILES string of the molecule is COP(O)OCCCCO. The van der Waals surface area contributed by atoms with Gasteiger partial charge in [0, 0.05) is 13.7 Å². The lowest BCUT2D eigenvalue weighted by molar-refractivity contribution is 0.212. The largest absolute Gasteiger partial charge is 0.396 e. The van der Waals surface area contributed by atoms with Gasteiger partial charge in [-0.25, -0.2) is 0 Å². The zero-order valence-electron chi connectivity index (χ0n) is 5.99. The van der Waals surface area contributed by atoms with Crippen molar-refractivity contribution < 1.29 is 19.0 Å². The second-order valence-corrected chi connectivity index (χ2v) is 2.78. The summed E-state index contributed by atoms with van der Waals surface area (Å²) in [5.74, 6) is 0. The van der Waals surface area contributed by atoms with Gasteiger partial charge in [0.2, 0.25) is 0 Å². The maximum absolute atomic E-state index is 8.72. The van der Waals surface area contributed by atoms with E-state index in [4.69, 9.17) is 14.5 Å². The predicted octanol–water partition coefficient (Wildman–Crippen LogP) is 0.641. The van der Waals surface area contributed by atoms with E-state index in [0.717, 1.165) is 6.42 Å². The molecule has 2 N–H and O–H groups in total. The van der Waals surface area contributed by atoms with Crippen LogP contribution in [0.1, 0.15) is 12.8 Å². The monoisotopic (exact) mass is 168 g/mol. The molecule has 62 valence electrons. The van der Waals surface area contributed by atoms with Crippen molar-refractivity contribution in [1.82, 2.24) is 0 Å². The molecule has 4 nitrogen and oxygen atoms in total. The standard InChI is InChI=1S/C5H13O4P/c1-8-10(7)9-5-3-2-4-6/h6-7H,2-5H2,1H3. The lowest BCUT2D eigenvalue weighted by Crippen LogP contribution is -1.92. The van der Waals surface area contributed by atoms with E-state index in [2.05, 4.69) is 4.52 Å². The van der Waals surface area contributed by atoms with Crippen LogP contribution in [0.25, 0.3) is 0 Å². The number of unbranched alkanes of at least 4 members (excludes halogenated alkanes) is 1. The molecule has 0 heterocycles. The van der Waals surface area contributed by atoms with E-state index < -0.39 is 8.60 Å². The molecule has 0 saturated heterocycles. The van der Waals surface area contributed by atoms with E-state index in [1.165, 1.54) is 7.11 Å². The maximum atomic E-state index is 8.72. The lowest BCUT2D eigenvalue weighted by atomic mass is 10.3. The molecule has 0 bridgehead atoms. The summed E-state index contributed by atoms with van der Waals surface area (Å²) >= 11 is 0. The van der Waals surface area contributed by atoms with Crippen LogP contribution in [0.2, 0.25) is 0 Å². The Labute approximate surface area is 61.8 Å². The molecule has 10 heavy (non-hydrogen) atoms. The van der Waals surface area contributed by atoms with E-state index in [-0.39, 0.29) is 6.61 Å². The Morgan fingerprint density at radius 3 is 2.60 bits per heavy atom. The molecule has 0 aromatic heterocycles. The topological polar surface area (TPSA) is 58.9 Å². The number of hydrogen-bond donors (Lipinski definition) is 2. The van der Waals surface area contributed by atoms with Crippen LogP contribution < -0.4 is 0 Å². The molecule has 0 fully saturated rings. The number of rotatable bonds is 6. The fourth-order valence-corrected chi connectivity index (χ4v) is 0.800. The van der Waals surface area contributed by atoms with Gasteiger partial charge in [0.1, 0.15) is 0 Å². The summed E-state index contributed by atoms with van der Waals surface area (Å²) in [5.41, 5.74) is 0. The molecule has 0 radical (unpaired) electrons. The van der Waals surface area contributed by atoms with Gasteiger partial charge < -0.3 is 19.0 Å². The summed E-state index contributed by atoms with van der Waals surface area (Å²) < 4.78 is 9.25. The summed E-state index contributed by atoms with van der Waals surface area (Å²) in [4.78, 5) is 8.72. The molecule has 0 saturated carbocycles. The molecule has 0 aliphatic rings. The summed E-state index contributed by atoms with van der Waals surface area (Å²) in [5, 5.41) is 8.34. The number of aliphatic hydroxyl groups is 1. The Balaban J connectivity index is 2.89. The van der Waals surface area contributed by atoms with Crippen molar-refractivity contribution in [3.8, 4) is 0 Å². The van der Waals surface area contributed by atoms with Crippen LogP contribution in [0.3, 0.4) is 0 Å². The maximum Gasteiger partial charge on any atom is 0.329 e. The first-order valence-corrected chi connectivity index (χ1v) is 4.21. The molecule has 0 aliphatic heterocycles. The smallest absolute Gasteiger partial charge is 0.329 e. The molecule has 0 aliphatic carbocycles. The second kappa shape index (κ2) is 7.38. The molecular weight excluding hydrogens is 155 g/mol. The Morgan fingerprint density at radius 2 is 2.10 bits per heavy atom. The first kappa shape index (κ1) is 10.3. The third-order valence-corrected chi connectivity index (χ3v) is 1.63. The van der Waals surface area contributed by atoms with E-state index >= 15 is 0 Å². The molecule has 1 atom stereocenters. The van der Waals surface area contributed by atoms with Gasteiger partial charge in [-0.3, -0.25) is 0 Å². The predicted molar refractivity (Wildman–Crippen MR) is 38.4 cm³/mol. The average Bonchev–Trinajstić information content (AvgIpc) is 1.98. The Hall–Kier alpha value is 0.270. The molecular formula is C5H13O4P.